The molecule has 0 atom stereocenters. The minimum absolute atomic E-state index is 0.0142. The van der Waals surface area contributed by atoms with Crippen LogP contribution in [0.4, 0.5) is 11.5 Å². The average Bonchev–Trinajstić information content (AvgIpc) is 2.35. The Hall–Kier alpha value is -1.47. The largest absolute Gasteiger partial charge is 0.388 e. The van der Waals surface area contributed by atoms with Crippen LogP contribution in [0, 0.1) is 10.1 Å². The fraction of sp³-hybridized carbons (Fsp3) is 0.600. The molecule has 0 amide bonds. The first kappa shape index (κ1) is 14.6. The van der Waals surface area contributed by atoms with Gasteiger partial charge in [-0.15, -0.1) is 0 Å². The van der Waals surface area contributed by atoms with E-state index in [1.165, 1.54) is 0 Å². The molecule has 1 aromatic heterocycles. The van der Waals surface area contributed by atoms with Crippen molar-refractivity contribution < 1.29 is 10.0 Å². The second-order valence-electron chi connectivity index (χ2n) is 3.91. The van der Waals surface area contributed by atoms with E-state index in [1.54, 1.807) is 0 Å². The van der Waals surface area contributed by atoms with Crippen molar-refractivity contribution in [3.63, 3.8) is 0 Å². The highest BCUT2D eigenvalue weighted by Gasteiger charge is 2.24. The predicted molar refractivity (Wildman–Crippen MR) is 67.7 cm³/mol. The van der Waals surface area contributed by atoms with Gasteiger partial charge >= 0.3 is 5.69 Å². The topological polar surface area (TPSA) is 101 Å². The lowest BCUT2D eigenvalue weighted by Crippen LogP contribution is -2.35. The van der Waals surface area contributed by atoms with E-state index in [4.69, 9.17) is 11.6 Å². The molecular weight excluding hydrogens is 260 g/mol. The average molecular weight is 275 g/mol. The summed E-state index contributed by atoms with van der Waals surface area (Å²) in [4.78, 5) is 17.5. The molecule has 0 aromatic carbocycles. The van der Waals surface area contributed by atoms with Crippen LogP contribution in [0.5, 0.6) is 0 Å². The van der Waals surface area contributed by atoms with Gasteiger partial charge in [-0.1, -0.05) is 13.8 Å². The number of nitro groups is 1. The van der Waals surface area contributed by atoms with Crippen LogP contribution in [0.1, 0.15) is 26.7 Å². The maximum absolute atomic E-state index is 10.8. The number of rotatable bonds is 6. The molecule has 100 valence electrons. The van der Waals surface area contributed by atoms with Crippen LogP contribution in [0.3, 0.4) is 0 Å². The Bertz CT molecular complexity index is 437. The maximum atomic E-state index is 10.8. The number of nitrogens with one attached hydrogen (secondary N) is 1. The van der Waals surface area contributed by atoms with Crippen molar-refractivity contribution in [3.8, 4) is 0 Å². The monoisotopic (exact) mass is 274 g/mol. The van der Waals surface area contributed by atoms with Gasteiger partial charge in [-0.2, -0.15) is 4.98 Å². The minimum Gasteiger partial charge on any atom is -0.388 e. The minimum atomic E-state index is -0.925. The molecule has 0 spiro atoms. The second-order valence-corrected chi connectivity index (χ2v) is 4.25. The van der Waals surface area contributed by atoms with Crippen LogP contribution < -0.4 is 5.32 Å². The third-order valence-corrected chi connectivity index (χ3v) is 3.02. The van der Waals surface area contributed by atoms with Gasteiger partial charge in [-0.3, -0.25) is 10.1 Å². The number of nitrogens with zero attached hydrogens (tertiary/aromatic N) is 3. The summed E-state index contributed by atoms with van der Waals surface area (Å²) in [6, 6.07) is 0. The van der Waals surface area contributed by atoms with E-state index in [1.807, 2.05) is 13.8 Å². The van der Waals surface area contributed by atoms with Gasteiger partial charge < -0.3 is 10.4 Å². The first-order valence-corrected chi connectivity index (χ1v) is 5.93. The molecule has 1 aromatic rings. The molecule has 1 heterocycles. The maximum Gasteiger partial charge on any atom is 0.329 e. The summed E-state index contributed by atoms with van der Waals surface area (Å²) in [7, 11) is 0. The van der Waals surface area contributed by atoms with Crippen LogP contribution in [-0.2, 0) is 0 Å². The van der Waals surface area contributed by atoms with Gasteiger partial charge in [0.05, 0.1) is 10.5 Å². The fourth-order valence-corrected chi connectivity index (χ4v) is 1.50. The zero-order valence-electron chi connectivity index (χ0n) is 10.2. The molecule has 0 bridgehead atoms. The Morgan fingerprint density at radius 2 is 2.17 bits per heavy atom. The highest BCUT2D eigenvalue weighted by Crippen LogP contribution is 2.23. The van der Waals surface area contributed by atoms with E-state index in [2.05, 4.69) is 15.3 Å². The number of halogens is 1. The number of hydrogen-bond donors (Lipinski definition) is 2. The Balaban J connectivity index is 2.90. The zero-order valence-corrected chi connectivity index (χ0v) is 10.9. The van der Waals surface area contributed by atoms with Crippen molar-refractivity contribution in [2.45, 2.75) is 32.3 Å². The van der Waals surface area contributed by atoms with Gasteiger partial charge in [0.1, 0.15) is 6.20 Å². The molecule has 0 aliphatic carbocycles. The van der Waals surface area contributed by atoms with Crippen LogP contribution in [0.2, 0.25) is 5.28 Å². The van der Waals surface area contributed by atoms with Gasteiger partial charge in [0, 0.05) is 6.54 Å². The summed E-state index contributed by atoms with van der Waals surface area (Å²) < 4.78 is 0. The van der Waals surface area contributed by atoms with Gasteiger partial charge in [0.25, 0.3) is 0 Å². The van der Waals surface area contributed by atoms with E-state index in [-0.39, 0.29) is 23.3 Å². The molecule has 1 rings (SSSR count). The zero-order chi connectivity index (χ0) is 13.8. The lowest BCUT2D eigenvalue weighted by atomic mass is 9.98. The summed E-state index contributed by atoms with van der Waals surface area (Å²) in [5.74, 6) is 0.0142. The van der Waals surface area contributed by atoms with E-state index in [9.17, 15) is 15.2 Å². The smallest absolute Gasteiger partial charge is 0.329 e. The first-order valence-electron chi connectivity index (χ1n) is 5.55. The lowest BCUT2D eigenvalue weighted by molar-refractivity contribution is -0.384. The Morgan fingerprint density at radius 3 is 2.67 bits per heavy atom. The van der Waals surface area contributed by atoms with E-state index in [0.29, 0.717) is 12.8 Å². The summed E-state index contributed by atoms with van der Waals surface area (Å²) in [5, 5.41) is 23.5. The Kier molecular flexibility index (Phi) is 4.80. The van der Waals surface area contributed by atoms with E-state index in [0.717, 1.165) is 6.20 Å². The molecule has 0 fully saturated rings. The van der Waals surface area contributed by atoms with Crippen LogP contribution in [-0.4, -0.2) is 32.1 Å². The second kappa shape index (κ2) is 5.92. The molecule has 0 aliphatic rings. The number of aromatic nitrogens is 2. The molecular formula is C10H15ClN4O3. The Morgan fingerprint density at radius 1 is 1.56 bits per heavy atom. The summed E-state index contributed by atoms with van der Waals surface area (Å²) >= 11 is 5.59. The molecule has 7 nitrogen and oxygen atoms in total. The van der Waals surface area contributed by atoms with Gasteiger partial charge in [-0.05, 0) is 24.4 Å². The van der Waals surface area contributed by atoms with Crippen molar-refractivity contribution >= 4 is 23.1 Å². The SMILES string of the molecule is CCC(O)(CC)CNc1nc(Cl)ncc1[N+](=O)[O-]. The van der Waals surface area contributed by atoms with Crippen molar-refractivity contribution in [1.82, 2.24) is 9.97 Å². The number of aliphatic hydroxyl groups is 1. The standard InChI is InChI=1S/C10H15ClN4O3/c1-3-10(16,4-2)6-13-8-7(15(17)18)5-12-9(11)14-8/h5,16H,3-4,6H2,1-2H3,(H,12,13,14). The molecule has 0 unspecified atom stereocenters. The summed E-state index contributed by atoms with van der Waals surface area (Å²) in [6.07, 6.45) is 2.10. The van der Waals surface area contributed by atoms with Crippen molar-refractivity contribution in [1.29, 1.82) is 0 Å². The van der Waals surface area contributed by atoms with Gasteiger partial charge in [0.2, 0.25) is 11.1 Å². The number of hydrogen-bond acceptors (Lipinski definition) is 6. The van der Waals surface area contributed by atoms with Crippen molar-refractivity contribution in [3.05, 3.63) is 21.6 Å². The molecule has 0 aliphatic heterocycles. The van der Waals surface area contributed by atoms with Crippen LogP contribution >= 0.6 is 11.6 Å². The third kappa shape index (κ3) is 3.51. The van der Waals surface area contributed by atoms with E-state index < -0.39 is 10.5 Å². The third-order valence-electron chi connectivity index (χ3n) is 2.84. The molecule has 8 heteroatoms. The molecule has 0 saturated carbocycles. The van der Waals surface area contributed by atoms with Gasteiger partial charge in [-0.25, -0.2) is 4.98 Å². The number of anilines is 1. The van der Waals surface area contributed by atoms with Crippen LogP contribution in [0.15, 0.2) is 6.20 Å². The molecule has 2 N–H and O–H groups in total. The first-order chi connectivity index (χ1) is 8.41. The fourth-order valence-electron chi connectivity index (χ4n) is 1.37. The van der Waals surface area contributed by atoms with Crippen molar-refractivity contribution in [2.24, 2.45) is 0 Å². The van der Waals surface area contributed by atoms with Gasteiger partial charge in [0.15, 0.2) is 0 Å². The predicted octanol–water partition coefficient (Wildman–Crippen LogP) is 2.00. The summed E-state index contributed by atoms with van der Waals surface area (Å²) in [5.41, 5.74) is -1.19. The van der Waals surface area contributed by atoms with E-state index >= 15 is 0 Å². The highest BCUT2D eigenvalue weighted by molar-refractivity contribution is 6.28. The van der Waals surface area contributed by atoms with Crippen LogP contribution in [0.25, 0.3) is 0 Å². The quantitative estimate of drug-likeness (QED) is 0.467. The van der Waals surface area contributed by atoms with Crippen molar-refractivity contribution in [2.75, 3.05) is 11.9 Å². The molecule has 0 saturated heterocycles. The lowest BCUT2D eigenvalue weighted by Gasteiger charge is -2.25. The highest BCUT2D eigenvalue weighted by atomic mass is 35.5. The molecule has 18 heavy (non-hydrogen) atoms. The Labute approximate surface area is 109 Å². The normalized spacial score (nSPS) is 11.3. The molecule has 0 radical (unpaired) electrons. The summed E-state index contributed by atoms with van der Waals surface area (Å²) in [6.45, 7) is 3.84.